The standard InChI is InChI=1S/C30H24N2O7/c1-2-37-30(34)28-26(20-9-4-3-5-10-20)27-23-11-7-6-8-19(23)12-17-24(27)39-29(28)31-25(33)18-38-22-15-13-21(14-16-22)32(35)36/h3-17,26H,2,18H2,1H3,(H,31,33). The molecule has 39 heavy (non-hydrogen) atoms. The van der Waals surface area contributed by atoms with Crippen LogP contribution in [0.5, 0.6) is 11.5 Å². The highest BCUT2D eigenvalue weighted by molar-refractivity contribution is 5.97. The smallest absolute Gasteiger partial charge is 0.340 e. The number of esters is 1. The average Bonchev–Trinajstić information content (AvgIpc) is 2.96. The first kappa shape index (κ1) is 25.5. The van der Waals surface area contributed by atoms with Crippen molar-refractivity contribution in [2.75, 3.05) is 13.2 Å². The van der Waals surface area contributed by atoms with Crippen LogP contribution < -0.4 is 14.8 Å². The van der Waals surface area contributed by atoms with Gasteiger partial charge in [0, 0.05) is 17.7 Å². The van der Waals surface area contributed by atoms with Crippen LogP contribution in [0.1, 0.15) is 24.0 Å². The van der Waals surface area contributed by atoms with E-state index in [2.05, 4.69) is 5.32 Å². The number of rotatable bonds is 8. The topological polar surface area (TPSA) is 117 Å². The van der Waals surface area contributed by atoms with E-state index in [1.54, 1.807) is 6.92 Å². The van der Waals surface area contributed by atoms with Gasteiger partial charge in [0.1, 0.15) is 17.1 Å². The van der Waals surface area contributed by atoms with Crippen LogP contribution in [-0.2, 0) is 14.3 Å². The molecule has 0 radical (unpaired) electrons. The maximum Gasteiger partial charge on any atom is 0.340 e. The molecular formula is C30H24N2O7. The lowest BCUT2D eigenvalue weighted by molar-refractivity contribution is -0.384. The van der Waals surface area contributed by atoms with Crippen molar-refractivity contribution in [1.82, 2.24) is 5.32 Å². The third-order valence-corrected chi connectivity index (χ3v) is 6.26. The molecule has 0 aliphatic carbocycles. The zero-order valence-corrected chi connectivity index (χ0v) is 21.0. The summed E-state index contributed by atoms with van der Waals surface area (Å²) in [5.41, 5.74) is 1.69. The van der Waals surface area contributed by atoms with E-state index < -0.39 is 29.3 Å². The first-order valence-electron chi connectivity index (χ1n) is 12.3. The molecule has 0 fully saturated rings. The summed E-state index contributed by atoms with van der Waals surface area (Å²) in [6.45, 7) is 1.43. The van der Waals surface area contributed by atoms with Gasteiger partial charge in [-0.3, -0.25) is 20.2 Å². The van der Waals surface area contributed by atoms with Crippen LogP contribution in [0.15, 0.2) is 102 Å². The number of nitrogens with zero attached hydrogens (tertiary/aromatic N) is 1. The SMILES string of the molecule is CCOC(=O)C1=C(NC(=O)COc2ccc([N+](=O)[O-])cc2)Oc2ccc3ccccc3c2C1c1ccccc1. The summed E-state index contributed by atoms with van der Waals surface area (Å²) in [6, 6.07) is 26.4. The van der Waals surface area contributed by atoms with Gasteiger partial charge in [0.15, 0.2) is 6.61 Å². The predicted octanol–water partition coefficient (Wildman–Crippen LogP) is 5.24. The number of carbonyl (C=O) groups excluding carboxylic acids is 2. The van der Waals surface area contributed by atoms with Crippen molar-refractivity contribution in [3.8, 4) is 11.5 Å². The van der Waals surface area contributed by atoms with E-state index >= 15 is 0 Å². The Bertz CT molecular complexity index is 1580. The first-order chi connectivity index (χ1) is 19.0. The number of hydrogen-bond donors (Lipinski definition) is 1. The lowest BCUT2D eigenvalue weighted by Gasteiger charge is -2.31. The van der Waals surface area contributed by atoms with Crippen LogP contribution in [0.25, 0.3) is 10.8 Å². The van der Waals surface area contributed by atoms with E-state index in [9.17, 15) is 19.7 Å². The average molecular weight is 525 g/mol. The molecule has 0 saturated heterocycles. The second-order valence-electron chi connectivity index (χ2n) is 8.70. The second kappa shape index (κ2) is 11.1. The van der Waals surface area contributed by atoms with Gasteiger partial charge in [-0.1, -0.05) is 60.7 Å². The van der Waals surface area contributed by atoms with Crippen LogP contribution in [-0.4, -0.2) is 30.0 Å². The van der Waals surface area contributed by atoms with E-state index in [4.69, 9.17) is 14.2 Å². The maximum atomic E-state index is 13.4. The molecule has 9 nitrogen and oxygen atoms in total. The molecule has 9 heteroatoms. The molecule has 1 N–H and O–H groups in total. The minimum Gasteiger partial charge on any atom is -0.484 e. The molecule has 1 aliphatic rings. The fourth-order valence-corrected chi connectivity index (χ4v) is 4.57. The largest absolute Gasteiger partial charge is 0.484 e. The first-order valence-corrected chi connectivity index (χ1v) is 12.3. The summed E-state index contributed by atoms with van der Waals surface area (Å²) in [4.78, 5) is 36.7. The monoisotopic (exact) mass is 524 g/mol. The van der Waals surface area contributed by atoms with Crippen molar-refractivity contribution < 1.29 is 28.7 Å². The molecule has 1 heterocycles. The molecule has 196 valence electrons. The molecule has 0 spiro atoms. The summed E-state index contributed by atoms with van der Waals surface area (Å²) in [5, 5.41) is 15.4. The Hall–Kier alpha value is -5.18. The number of nitro groups is 1. The number of nitrogens with one attached hydrogen (secondary N) is 1. The van der Waals surface area contributed by atoms with Crippen LogP contribution in [0.3, 0.4) is 0 Å². The number of benzene rings is 4. The Morgan fingerprint density at radius 1 is 0.949 bits per heavy atom. The summed E-state index contributed by atoms with van der Waals surface area (Å²) >= 11 is 0. The van der Waals surface area contributed by atoms with Gasteiger partial charge >= 0.3 is 5.97 Å². The molecule has 4 aromatic carbocycles. The summed E-state index contributed by atoms with van der Waals surface area (Å²) in [6.07, 6.45) is 0. The number of hydrogen-bond acceptors (Lipinski definition) is 7. The zero-order valence-electron chi connectivity index (χ0n) is 21.0. The minimum absolute atomic E-state index is 0.0395. The Morgan fingerprint density at radius 2 is 1.67 bits per heavy atom. The van der Waals surface area contributed by atoms with Crippen molar-refractivity contribution in [3.05, 3.63) is 124 Å². The van der Waals surface area contributed by atoms with Crippen LogP contribution in [0.2, 0.25) is 0 Å². The molecule has 4 aromatic rings. The van der Waals surface area contributed by atoms with E-state index in [1.807, 2.05) is 66.7 Å². The Labute approximate surface area is 223 Å². The molecule has 1 atom stereocenters. The molecule has 0 bridgehead atoms. The van der Waals surface area contributed by atoms with Crippen LogP contribution in [0, 0.1) is 10.1 Å². The van der Waals surface area contributed by atoms with Gasteiger partial charge in [0.05, 0.1) is 17.4 Å². The quantitative estimate of drug-likeness (QED) is 0.190. The molecular weight excluding hydrogens is 500 g/mol. The summed E-state index contributed by atoms with van der Waals surface area (Å²) in [5.74, 6) is -1.04. The van der Waals surface area contributed by atoms with E-state index in [0.29, 0.717) is 5.75 Å². The van der Waals surface area contributed by atoms with Gasteiger partial charge in [-0.25, -0.2) is 4.79 Å². The van der Waals surface area contributed by atoms with Crippen molar-refractivity contribution in [1.29, 1.82) is 0 Å². The van der Waals surface area contributed by atoms with E-state index in [1.165, 1.54) is 24.3 Å². The van der Waals surface area contributed by atoms with Crippen LogP contribution >= 0.6 is 0 Å². The van der Waals surface area contributed by atoms with Crippen molar-refractivity contribution >= 4 is 28.3 Å². The fourth-order valence-electron chi connectivity index (χ4n) is 4.57. The van der Waals surface area contributed by atoms with Gasteiger partial charge in [-0.2, -0.15) is 0 Å². The van der Waals surface area contributed by atoms with Crippen molar-refractivity contribution in [2.45, 2.75) is 12.8 Å². The van der Waals surface area contributed by atoms with Gasteiger partial charge in [0.25, 0.3) is 11.6 Å². The molecule has 0 saturated carbocycles. The Morgan fingerprint density at radius 3 is 2.38 bits per heavy atom. The highest BCUT2D eigenvalue weighted by Crippen LogP contribution is 2.46. The van der Waals surface area contributed by atoms with Gasteiger partial charge < -0.3 is 14.2 Å². The van der Waals surface area contributed by atoms with Crippen molar-refractivity contribution in [3.63, 3.8) is 0 Å². The second-order valence-corrected chi connectivity index (χ2v) is 8.70. The Kier molecular flexibility index (Phi) is 7.22. The molecule has 1 amide bonds. The lowest BCUT2D eigenvalue weighted by atomic mass is 9.80. The summed E-state index contributed by atoms with van der Waals surface area (Å²) in [7, 11) is 0. The number of non-ortho nitro benzene ring substituents is 1. The van der Waals surface area contributed by atoms with E-state index in [0.717, 1.165) is 21.9 Å². The van der Waals surface area contributed by atoms with Gasteiger partial charge in [0.2, 0.25) is 5.88 Å². The summed E-state index contributed by atoms with van der Waals surface area (Å²) < 4.78 is 17.1. The van der Waals surface area contributed by atoms with Crippen molar-refractivity contribution in [2.24, 2.45) is 0 Å². The highest BCUT2D eigenvalue weighted by atomic mass is 16.6. The number of fused-ring (bicyclic) bond motifs is 3. The van der Waals surface area contributed by atoms with Gasteiger partial charge in [-0.15, -0.1) is 0 Å². The fraction of sp³-hybridized carbons (Fsp3) is 0.133. The predicted molar refractivity (Wildman–Crippen MR) is 143 cm³/mol. The number of carbonyl (C=O) groups is 2. The maximum absolute atomic E-state index is 13.4. The number of nitro benzene ring substituents is 1. The molecule has 5 rings (SSSR count). The minimum atomic E-state index is -0.614. The zero-order chi connectivity index (χ0) is 27.4. The molecule has 1 aliphatic heterocycles. The van der Waals surface area contributed by atoms with Gasteiger partial charge in [-0.05, 0) is 41.5 Å². The highest BCUT2D eigenvalue weighted by Gasteiger charge is 2.38. The normalized spacial score (nSPS) is 14.2. The Balaban J connectivity index is 1.52. The molecule has 0 aromatic heterocycles. The van der Waals surface area contributed by atoms with Crippen LogP contribution in [0.4, 0.5) is 5.69 Å². The number of ether oxygens (including phenoxy) is 3. The van der Waals surface area contributed by atoms with E-state index in [-0.39, 0.29) is 29.5 Å². The number of amides is 1. The third kappa shape index (κ3) is 5.28. The molecule has 1 unspecified atom stereocenters. The lowest BCUT2D eigenvalue weighted by Crippen LogP contribution is -2.36. The third-order valence-electron chi connectivity index (χ3n) is 6.26.